The lowest BCUT2D eigenvalue weighted by atomic mass is 10.1. The van der Waals surface area contributed by atoms with Gasteiger partial charge >= 0.3 is 0 Å². The van der Waals surface area contributed by atoms with Crippen LogP contribution < -0.4 is 9.47 Å². The van der Waals surface area contributed by atoms with Crippen molar-refractivity contribution in [3.63, 3.8) is 0 Å². The normalized spacial score (nSPS) is 10.2. The second-order valence-electron chi connectivity index (χ2n) is 4.46. The number of aryl methyl sites for hydroxylation is 2. The van der Waals surface area contributed by atoms with Gasteiger partial charge in [-0.25, -0.2) is 0 Å². The Morgan fingerprint density at radius 2 is 1.58 bits per heavy atom. The van der Waals surface area contributed by atoms with E-state index in [1.807, 2.05) is 26.0 Å². The van der Waals surface area contributed by atoms with Crippen LogP contribution in [0.5, 0.6) is 17.2 Å². The zero-order valence-corrected chi connectivity index (χ0v) is 11.2. The molecule has 0 atom stereocenters. The van der Waals surface area contributed by atoms with Crippen LogP contribution in [0.25, 0.3) is 0 Å². The minimum atomic E-state index is 0.235. The number of rotatable bonds is 5. The van der Waals surface area contributed by atoms with E-state index in [1.54, 1.807) is 24.3 Å². The molecule has 100 valence electrons. The van der Waals surface area contributed by atoms with Crippen LogP contribution in [-0.4, -0.2) is 18.3 Å². The molecule has 0 aromatic heterocycles. The van der Waals surface area contributed by atoms with Gasteiger partial charge < -0.3 is 14.6 Å². The Bertz CT molecular complexity index is 532. The van der Waals surface area contributed by atoms with Crippen molar-refractivity contribution in [2.24, 2.45) is 0 Å². The molecular weight excluding hydrogens is 240 g/mol. The molecule has 0 aliphatic carbocycles. The van der Waals surface area contributed by atoms with Gasteiger partial charge in [-0.15, -0.1) is 0 Å². The van der Waals surface area contributed by atoms with E-state index in [0.717, 1.165) is 17.1 Å². The summed E-state index contributed by atoms with van der Waals surface area (Å²) >= 11 is 0. The quantitative estimate of drug-likeness (QED) is 0.835. The maximum Gasteiger partial charge on any atom is 0.122 e. The number of phenolic OH excluding ortho intramolecular Hbond substituents is 1. The summed E-state index contributed by atoms with van der Waals surface area (Å²) in [6.07, 6.45) is 0. The Labute approximate surface area is 113 Å². The second kappa shape index (κ2) is 6.14. The minimum absolute atomic E-state index is 0.235. The molecule has 0 spiro atoms. The number of phenols is 1. The molecule has 2 aromatic carbocycles. The van der Waals surface area contributed by atoms with Crippen LogP contribution in [0.2, 0.25) is 0 Å². The number of aromatic hydroxyl groups is 1. The molecule has 2 aromatic rings. The molecule has 0 fully saturated rings. The summed E-state index contributed by atoms with van der Waals surface area (Å²) in [5.41, 5.74) is 2.30. The summed E-state index contributed by atoms with van der Waals surface area (Å²) in [5, 5.41) is 9.15. The molecule has 0 aliphatic heterocycles. The van der Waals surface area contributed by atoms with E-state index in [1.165, 1.54) is 5.56 Å². The van der Waals surface area contributed by atoms with E-state index < -0.39 is 0 Å². The van der Waals surface area contributed by atoms with E-state index >= 15 is 0 Å². The van der Waals surface area contributed by atoms with E-state index in [-0.39, 0.29) is 5.75 Å². The Balaban J connectivity index is 1.80. The predicted molar refractivity (Wildman–Crippen MR) is 75.0 cm³/mol. The molecule has 19 heavy (non-hydrogen) atoms. The molecule has 0 aliphatic rings. The van der Waals surface area contributed by atoms with Crippen molar-refractivity contribution in [2.75, 3.05) is 13.2 Å². The standard InChI is InChI=1S/C16H18O3/c1-12-3-4-13(2)16(11-12)19-10-9-18-15-7-5-14(17)6-8-15/h3-8,11,17H,9-10H2,1-2H3. The van der Waals surface area contributed by atoms with E-state index in [0.29, 0.717) is 13.2 Å². The van der Waals surface area contributed by atoms with Gasteiger partial charge in [0.25, 0.3) is 0 Å². The third-order valence-electron chi connectivity index (χ3n) is 2.79. The molecule has 0 bridgehead atoms. The van der Waals surface area contributed by atoms with Gasteiger partial charge in [-0.05, 0) is 55.3 Å². The first-order valence-electron chi connectivity index (χ1n) is 6.27. The molecule has 3 heteroatoms. The highest BCUT2D eigenvalue weighted by Crippen LogP contribution is 2.19. The summed E-state index contributed by atoms with van der Waals surface area (Å²) in [7, 11) is 0. The number of benzene rings is 2. The Morgan fingerprint density at radius 3 is 2.32 bits per heavy atom. The highest BCUT2D eigenvalue weighted by atomic mass is 16.5. The van der Waals surface area contributed by atoms with Gasteiger partial charge in [-0.3, -0.25) is 0 Å². The maximum atomic E-state index is 9.15. The summed E-state index contributed by atoms with van der Waals surface area (Å²) in [6, 6.07) is 12.8. The SMILES string of the molecule is Cc1ccc(C)c(OCCOc2ccc(O)cc2)c1. The highest BCUT2D eigenvalue weighted by molar-refractivity contribution is 5.36. The fourth-order valence-corrected chi connectivity index (χ4v) is 1.72. The number of hydrogen-bond acceptors (Lipinski definition) is 3. The summed E-state index contributed by atoms with van der Waals surface area (Å²) in [4.78, 5) is 0. The van der Waals surface area contributed by atoms with Crippen LogP contribution in [-0.2, 0) is 0 Å². The third-order valence-corrected chi connectivity index (χ3v) is 2.79. The van der Waals surface area contributed by atoms with Gasteiger partial charge in [0, 0.05) is 0 Å². The fraction of sp³-hybridized carbons (Fsp3) is 0.250. The molecule has 0 radical (unpaired) electrons. The zero-order chi connectivity index (χ0) is 13.7. The second-order valence-corrected chi connectivity index (χ2v) is 4.46. The maximum absolute atomic E-state index is 9.15. The molecule has 0 heterocycles. The third kappa shape index (κ3) is 3.91. The number of hydrogen-bond donors (Lipinski definition) is 1. The van der Waals surface area contributed by atoms with Crippen LogP contribution in [0.1, 0.15) is 11.1 Å². The lowest BCUT2D eigenvalue weighted by Crippen LogP contribution is -2.09. The van der Waals surface area contributed by atoms with Gasteiger partial charge in [0.1, 0.15) is 30.5 Å². The smallest absolute Gasteiger partial charge is 0.122 e. The molecule has 1 N–H and O–H groups in total. The van der Waals surface area contributed by atoms with Crippen molar-refractivity contribution in [1.29, 1.82) is 0 Å². The molecule has 0 amide bonds. The Kier molecular flexibility index (Phi) is 4.29. The van der Waals surface area contributed by atoms with E-state index in [4.69, 9.17) is 14.6 Å². The minimum Gasteiger partial charge on any atom is -0.508 e. The summed E-state index contributed by atoms with van der Waals surface area (Å²) in [5.74, 6) is 1.86. The van der Waals surface area contributed by atoms with Crippen molar-refractivity contribution in [2.45, 2.75) is 13.8 Å². The van der Waals surface area contributed by atoms with Crippen LogP contribution in [0.3, 0.4) is 0 Å². The molecular formula is C16H18O3. The fourth-order valence-electron chi connectivity index (χ4n) is 1.72. The van der Waals surface area contributed by atoms with Crippen LogP contribution >= 0.6 is 0 Å². The van der Waals surface area contributed by atoms with Gasteiger partial charge in [0.15, 0.2) is 0 Å². The van der Waals surface area contributed by atoms with Crippen molar-refractivity contribution in [1.82, 2.24) is 0 Å². The monoisotopic (exact) mass is 258 g/mol. The summed E-state index contributed by atoms with van der Waals surface area (Å²) in [6.45, 7) is 5.03. The van der Waals surface area contributed by atoms with Crippen molar-refractivity contribution < 1.29 is 14.6 Å². The van der Waals surface area contributed by atoms with Crippen molar-refractivity contribution in [3.8, 4) is 17.2 Å². The Morgan fingerprint density at radius 1 is 0.895 bits per heavy atom. The van der Waals surface area contributed by atoms with Gasteiger partial charge in [0.05, 0.1) is 0 Å². The van der Waals surface area contributed by atoms with Crippen LogP contribution in [0.15, 0.2) is 42.5 Å². The number of ether oxygens (including phenoxy) is 2. The van der Waals surface area contributed by atoms with Crippen molar-refractivity contribution in [3.05, 3.63) is 53.6 Å². The average molecular weight is 258 g/mol. The first-order valence-corrected chi connectivity index (χ1v) is 6.27. The zero-order valence-electron chi connectivity index (χ0n) is 11.2. The van der Waals surface area contributed by atoms with Gasteiger partial charge in [-0.2, -0.15) is 0 Å². The largest absolute Gasteiger partial charge is 0.508 e. The molecule has 3 nitrogen and oxygen atoms in total. The van der Waals surface area contributed by atoms with Gasteiger partial charge in [0.2, 0.25) is 0 Å². The molecule has 0 saturated carbocycles. The lowest BCUT2D eigenvalue weighted by Gasteiger charge is -2.11. The predicted octanol–water partition coefficient (Wildman–Crippen LogP) is 3.47. The van der Waals surface area contributed by atoms with Gasteiger partial charge in [-0.1, -0.05) is 12.1 Å². The summed E-state index contributed by atoms with van der Waals surface area (Å²) < 4.78 is 11.2. The Hall–Kier alpha value is -2.16. The van der Waals surface area contributed by atoms with E-state index in [2.05, 4.69) is 6.07 Å². The molecule has 0 saturated heterocycles. The topological polar surface area (TPSA) is 38.7 Å². The first-order chi connectivity index (χ1) is 9.15. The van der Waals surface area contributed by atoms with Crippen LogP contribution in [0, 0.1) is 13.8 Å². The lowest BCUT2D eigenvalue weighted by molar-refractivity contribution is 0.216. The highest BCUT2D eigenvalue weighted by Gasteiger charge is 2.00. The van der Waals surface area contributed by atoms with Crippen molar-refractivity contribution >= 4 is 0 Å². The molecule has 2 rings (SSSR count). The van der Waals surface area contributed by atoms with E-state index in [9.17, 15) is 0 Å². The molecule has 0 unspecified atom stereocenters. The van der Waals surface area contributed by atoms with Crippen LogP contribution in [0.4, 0.5) is 0 Å². The average Bonchev–Trinajstić information content (AvgIpc) is 2.40. The first kappa shape index (κ1) is 13.3.